The summed E-state index contributed by atoms with van der Waals surface area (Å²) in [6, 6.07) is 24.5. The first-order valence-corrected chi connectivity index (χ1v) is 12.2. The maximum atomic E-state index is 6.30. The maximum Gasteiger partial charge on any atom is 0.180 e. The molecular formula is C27H21BrN6O. The molecule has 2 N–H and O–H groups in total. The van der Waals surface area contributed by atoms with Gasteiger partial charge in [-0.15, -0.1) is 5.10 Å². The average molecular weight is 525 g/mol. The largest absolute Gasteiger partial charge is 0.488 e. The normalized spacial score (nSPS) is 11.4. The Balaban J connectivity index is 1.35. The van der Waals surface area contributed by atoms with Crippen molar-refractivity contribution >= 4 is 37.7 Å². The van der Waals surface area contributed by atoms with Gasteiger partial charge in [-0.3, -0.25) is 4.98 Å². The van der Waals surface area contributed by atoms with Gasteiger partial charge in [0.25, 0.3) is 0 Å². The number of para-hydroxylation sites is 1. The predicted molar refractivity (Wildman–Crippen MR) is 140 cm³/mol. The van der Waals surface area contributed by atoms with Crippen LogP contribution in [0.5, 0.6) is 5.75 Å². The van der Waals surface area contributed by atoms with Gasteiger partial charge in [0.1, 0.15) is 12.4 Å². The van der Waals surface area contributed by atoms with Gasteiger partial charge in [0.15, 0.2) is 5.82 Å². The quantitative estimate of drug-likeness (QED) is 0.260. The van der Waals surface area contributed by atoms with Gasteiger partial charge in [0.2, 0.25) is 0 Å². The Hall–Kier alpha value is -4.04. The van der Waals surface area contributed by atoms with Crippen LogP contribution in [0.4, 0.5) is 0 Å². The molecule has 3 aromatic carbocycles. The fourth-order valence-corrected chi connectivity index (χ4v) is 4.96. The van der Waals surface area contributed by atoms with Crippen molar-refractivity contribution in [1.82, 2.24) is 30.6 Å². The second-order valence-corrected chi connectivity index (χ2v) is 9.05. The molecule has 3 aromatic heterocycles. The number of fused-ring (bicyclic) bond motifs is 2. The predicted octanol–water partition coefficient (Wildman–Crippen LogP) is 6.47. The van der Waals surface area contributed by atoms with E-state index in [1.54, 1.807) is 0 Å². The highest BCUT2D eigenvalue weighted by Gasteiger charge is 2.17. The fourth-order valence-electron chi connectivity index (χ4n) is 4.32. The molecule has 172 valence electrons. The Labute approximate surface area is 209 Å². The standard InChI is InChI=1S/C27H21BrN6O/c1-2-17-14-24(20-9-5-6-10-22(20)29-17)35-15-16-11-12-23-21(13-16)25(28)26(30-23)18-7-3-4-8-19(18)27-31-33-34-32-27/h3-14,30H,2,15H2,1H3,(H,31,32,33,34). The summed E-state index contributed by atoms with van der Waals surface area (Å²) in [6.45, 7) is 2.56. The smallest absolute Gasteiger partial charge is 0.180 e. The molecular weight excluding hydrogens is 504 g/mol. The van der Waals surface area contributed by atoms with Gasteiger partial charge < -0.3 is 9.72 Å². The van der Waals surface area contributed by atoms with Crippen molar-refractivity contribution in [3.8, 4) is 28.4 Å². The van der Waals surface area contributed by atoms with Crippen LogP contribution in [-0.4, -0.2) is 30.6 Å². The number of nitrogens with one attached hydrogen (secondary N) is 2. The van der Waals surface area contributed by atoms with E-state index in [-0.39, 0.29) is 0 Å². The van der Waals surface area contributed by atoms with E-state index in [1.165, 1.54) is 0 Å². The number of tetrazole rings is 1. The Kier molecular flexibility index (Phi) is 5.50. The number of aryl methyl sites for hydroxylation is 1. The molecule has 0 fully saturated rings. The van der Waals surface area contributed by atoms with Crippen LogP contribution >= 0.6 is 15.9 Å². The molecule has 0 aliphatic rings. The Morgan fingerprint density at radius 2 is 1.74 bits per heavy atom. The summed E-state index contributed by atoms with van der Waals surface area (Å²) in [5.74, 6) is 1.48. The van der Waals surface area contributed by atoms with E-state index in [9.17, 15) is 0 Å². The molecule has 0 aliphatic heterocycles. The number of benzene rings is 3. The van der Waals surface area contributed by atoms with Gasteiger partial charge >= 0.3 is 0 Å². The van der Waals surface area contributed by atoms with Crippen molar-refractivity contribution in [1.29, 1.82) is 0 Å². The summed E-state index contributed by atoms with van der Waals surface area (Å²) in [6.07, 6.45) is 0.859. The zero-order chi connectivity index (χ0) is 23.8. The monoisotopic (exact) mass is 524 g/mol. The summed E-state index contributed by atoms with van der Waals surface area (Å²) in [7, 11) is 0. The number of hydrogen-bond acceptors (Lipinski definition) is 5. The second-order valence-electron chi connectivity index (χ2n) is 8.26. The first-order valence-electron chi connectivity index (χ1n) is 11.4. The van der Waals surface area contributed by atoms with Crippen LogP contribution in [0, 0.1) is 0 Å². The van der Waals surface area contributed by atoms with Gasteiger partial charge in [-0.05, 0) is 62.6 Å². The lowest BCUT2D eigenvalue weighted by Gasteiger charge is -2.11. The fraction of sp³-hybridized carbons (Fsp3) is 0.111. The molecule has 8 heteroatoms. The van der Waals surface area contributed by atoms with Crippen LogP contribution in [0.15, 0.2) is 77.3 Å². The molecule has 6 aromatic rings. The van der Waals surface area contributed by atoms with E-state index >= 15 is 0 Å². The number of aromatic amines is 2. The van der Waals surface area contributed by atoms with Crippen LogP contribution in [0.1, 0.15) is 18.2 Å². The van der Waals surface area contributed by atoms with Crippen molar-refractivity contribution < 1.29 is 4.74 Å². The van der Waals surface area contributed by atoms with Gasteiger partial charge in [-0.1, -0.05) is 49.4 Å². The zero-order valence-corrected chi connectivity index (χ0v) is 20.5. The van der Waals surface area contributed by atoms with E-state index in [4.69, 9.17) is 9.72 Å². The average Bonchev–Trinajstić information content (AvgIpc) is 3.55. The molecule has 0 spiro atoms. The first kappa shape index (κ1) is 21.5. The topological polar surface area (TPSA) is 92.4 Å². The van der Waals surface area contributed by atoms with Crippen molar-refractivity contribution in [3.63, 3.8) is 0 Å². The third-order valence-electron chi connectivity index (χ3n) is 6.08. The molecule has 3 heterocycles. The Morgan fingerprint density at radius 3 is 2.57 bits per heavy atom. The molecule has 7 nitrogen and oxygen atoms in total. The number of H-pyrrole nitrogens is 2. The van der Waals surface area contributed by atoms with Crippen LogP contribution in [0.2, 0.25) is 0 Å². The van der Waals surface area contributed by atoms with E-state index in [0.717, 1.165) is 66.5 Å². The third kappa shape index (κ3) is 3.95. The van der Waals surface area contributed by atoms with E-state index < -0.39 is 0 Å². The van der Waals surface area contributed by atoms with Gasteiger partial charge in [-0.2, -0.15) is 0 Å². The molecule has 0 saturated carbocycles. The minimum atomic E-state index is 0.459. The number of hydrogen-bond donors (Lipinski definition) is 2. The Morgan fingerprint density at radius 1 is 0.914 bits per heavy atom. The minimum absolute atomic E-state index is 0.459. The van der Waals surface area contributed by atoms with Crippen LogP contribution in [0.3, 0.4) is 0 Å². The molecule has 0 bridgehead atoms. The Bertz CT molecular complexity index is 1660. The SMILES string of the molecule is CCc1cc(OCc2ccc3[nH]c(-c4ccccc4-c4nnn[nH]4)c(Br)c3c2)c2ccccc2n1. The molecule has 0 radical (unpaired) electrons. The maximum absolute atomic E-state index is 6.30. The molecule has 0 aliphatic carbocycles. The van der Waals surface area contributed by atoms with Crippen molar-refractivity contribution in [2.45, 2.75) is 20.0 Å². The van der Waals surface area contributed by atoms with E-state index in [0.29, 0.717) is 12.4 Å². The van der Waals surface area contributed by atoms with Crippen molar-refractivity contribution in [3.05, 3.63) is 88.5 Å². The lowest BCUT2D eigenvalue weighted by Crippen LogP contribution is -1.98. The molecule has 0 saturated heterocycles. The van der Waals surface area contributed by atoms with Crippen LogP contribution < -0.4 is 4.74 Å². The van der Waals surface area contributed by atoms with Crippen molar-refractivity contribution in [2.75, 3.05) is 0 Å². The summed E-state index contributed by atoms with van der Waals surface area (Å²) in [4.78, 5) is 8.26. The number of halogens is 1. The molecule has 0 atom stereocenters. The third-order valence-corrected chi connectivity index (χ3v) is 6.91. The summed E-state index contributed by atoms with van der Waals surface area (Å²) in [5.41, 5.74) is 6.98. The summed E-state index contributed by atoms with van der Waals surface area (Å²) in [5, 5.41) is 16.5. The zero-order valence-electron chi connectivity index (χ0n) is 18.9. The number of nitrogens with zero attached hydrogens (tertiary/aromatic N) is 4. The van der Waals surface area contributed by atoms with Crippen molar-refractivity contribution in [2.24, 2.45) is 0 Å². The lowest BCUT2D eigenvalue weighted by atomic mass is 10.0. The molecule has 0 unspecified atom stereocenters. The highest BCUT2D eigenvalue weighted by Crippen LogP contribution is 2.39. The van der Waals surface area contributed by atoms with Crippen LogP contribution in [0.25, 0.3) is 44.5 Å². The van der Waals surface area contributed by atoms with Gasteiger partial charge in [0.05, 0.1) is 15.7 Å². The first-order chi connectivity index (χ1) is 17.2. The minimum Gasteiger partial charge on any atom is -0.488 e. The summed E-state index contributed by atoms with van der Waals surface area (Å²) >= 11 is 3.83. The number of pyridine rings is 1. The van der Waals surface area contributed by atoms with Gasteiger partial charge in [0, 0.05) is 39.2 Å². The summed E-state index contributed by atoms with van der Waals surface area (Å²) < 4.78 is 7.29. The highest BCUT2D eigenvalue weighted by atomic mass is 79.9. The van der Waals surface area contributed by atoms with Crippen LogP contribution in [-0.2, 0) is 13.0 Å². The molecule has 0 amide bonds. The number of ether oxygens (including phenoxy) is 1. The molecule has 35 heavy (non-hydrogen) atoms. The number of rotatable bonds is 6. The second kappa shape index (κ2) is 8.96. The number of aromatic nitrogens is 6. The highest BCUT2D eigenvalue weighted by molar-refractivity contribution is 9.10. The van der Waals surface area contributed by atoms with E-state index in [2.05, 4.69) is 78.8 Å². The lowest BCUT2D eigenvalue weighted by molar-refractivity contribution is 0.309. The molecule has 6 rings (SSSR count). The van der Waals surface area contributed by atoms with E-state index in [1.807, 2.05) is 42.5 Å². The van der Waals surface area contributed by atoms with Gasteiger partial charge in [-0.25, -0.2) is 5.10 Å².